The van der Waals surface area contributed by atoms with E-state index in [-0.39, 0.29) is 18.3 Å². The predicted molar refractivity (Wildman–Crippen MR) is 143 cm³/mol. The molecule has 2 aromatic carbocycles. The van der Waals surface area contributed by atoms with Crippen LogP contribution >= 0.6 is 11.8 Å². The molecular formula is C28H27F3N4O3S. The van der Waals surface area contributed by atoms with E-state index in [1.807, 2.05) is 37.3 Å². The van der Waals surface area contributed by atoms with Gasteiger partial charge in [-0.15, -0.1) is 11.8 Å². The highest BCUT2D eigenvalue weighted by Gasteiger charge is 2.52. The van der Waals surface area contributed by atoms with E-state index in [9.17, 15) is 27.6 Å². The normalized spacial score (nSPS) is 15.6. The average Bonchev–Trinajstić information content (AvgIpc) is 3.07. The Morgan fingerprint density at radius 3 is 2.41 bits per heavy atom. The van der Waals surface area contributed by atoms with E-state index in [0.29, 0.717) is 34.7 Å². The maximum atomic E-state index is 14.9. The molecule has 204 valence electrons. The lowest BCUT2D eigenvalue weighted by atomic mass is 9.96. The van der Waals surface area contributed by atoms with Gasteiger partial charge in [0, 0.05) is 18.8 Å². The van der Waals surface area contributed by atoms with Crippen molar-refractivity contribution < 1.29 is 27.6 Å². The Kier molecular flexibility index (Phi) is 8.01. The van der Waals surface area contributed by atoms with Crippen molar-refractivity contribution >= 4 is 41.1 Å². The molecule has 1 fully saturated rings. The first-order valence-corrected chi connectivity index (χ1v) is 13.4. The Morgan fingerprint density at radius 1 is 1.08 bits per heavy atom. The molecule has 11 heteroatoms. The van der Waals surface area contributed by atoms with Crippen molar-refractivity contribution in [2.75, 3.05) is 16.5 Å². The lowest BCUT2D eigenvalue weighted by molar-refractivity contribution is -0.123. The largest absolute Gasteiger partial charge is 0.332 e. The van der Waals surface area contributed by atoms with Crippen LogP contribution in [0.1, 0.15) is 44.2 Å². The Labute approximate surface area is 228 Å². The molecule has 39 heavy (non-hydrogen) atoms. The molecule has 0 bridgehead atoms. The Morgan fingerprint density at radius 2 is 1.77 bits per heavy atom. The Hall–Kier alpha value is -3.86. The highest BCUT2D eigenvalue weighted by Crippen LogP contribution is 2.38. The standard InChI is InChI=1S/C28H27F3N4O3S/c1-5-18(17-9-7-6-8-10-17)25(36)33-21-13-16(11-12-32-21)15-34-27(38)35(26(37)28(34,2)3)20-14-19(29)24(39-4)23(31)22(20)30/h6-14,18H,5,15H2,1-4H3,(H,32,33,36). The third kappa shape index (κ3) is 5.23. The molecular weight excluding hydrogens is 529 g/mol. The fraction of sp³-hybridized carbons (Fsp3) is 0.286. The number of urea groups is 1. The smallest absolute Gasteiger partial charge is 0.310 e. The number of amides is 4. The lowest BCUT2D eigenvalue weighted by Gasteiger charge is -2.27. The fourth-order valence-electron chi connectivity index (χ4n) is 4.52. The minimum absolute atomic E-state index is 0.106. The van der Waals surface area contributed by atoms with Gasteiger partial charge in [-0.3, -0.25) is 9.59 Å². The maximum absolute atomic E-state index is 14.9. The number of rotatable bonds is 8. The van der Waals surface area contributed by atoms with Crippen LogP contribution < -0.4 is 10.2 Å². The molecule has 0 radical (unpaired) electrons. The third-order valence-electron chi connectivity index (χ3n) is 6.71. The zero-order chi connectivity index (χ0) is 28.5. The number of nitrogens with one attached hydrogen (secondary N) is 1. The molecule has 1 saturated heterocycles. The number of aromatic nitrogens is 1. The van der Waals surface area contributed by atoms with E-state index < -0.39 is 51.4 Å². The monoisotopic (exact) mass is 556 g/mol. The van der Waals surface area contributed by atoms with Crippen LogP contribution in [0.2, 0.25) is 0 Å². The predicted octanol–water partition coefficient (Wildman–Crippen LogP) is 6.10. The SMILES string of the molecule is CCC(C(=O)Nc1cc(CN2C(=O)N(c3cc(F)c(SC)c(F)c3F)C(=O)C2(C)C)ccn1)c1ccccc1. The number of nitrogens with zero attached hydrogens (tertiary/aromatic N) is 3. The van der Waals surface area contributed by atoms with Gasteiger partial charge in [0.1, 0.15) is 17.2 Å². The van der Waals surface area contributed by atoms with Crippen LogP contribution in [0.15, 0.2) is 59.6 Å². The van der Waals surface area contributed by atoms with Gasteiger partial charge in [0.2, 0.25) is 5.91 Å². The van der Waals surface area contributed by atoms with Crippen LogP contribution in [0.4, 0.5) is 29.5 Å². The Bertz CT molecular complexity index is 1440. The number of halogens is 3. The van der Waals surface area contributed by atoms with Crippen molar-refractivity contribution in [3.05, 3.63) is 83.3 Å². The van der Waals surface area contributed by atoms with E-state index >= 15 is 0 Å². The minimum atomic E-state index is -1.49. The number of hydrogen-bond acceptors (Lipinski definition) is 5. The van der Waals surface area contributed by atoms with Crippen LogP contribution in [0, 0.1) is 17.5 Å². The van der Waals surface area contributed by atoms with Crippen molar-refractivity contribution in [3.8, 4) is 0 Å². The molecule has 1 N–H and O–H groups in total. The molecule has 2 heterocycles. The van der Waals surface area contributed by atoms with Gasteiger partial charge in [-0.2, -0.15) is 0 Å². The highest BCUT2D eigenvalue weighted by atomic mass is 32.2. The van der Waals surface area contributed by atoms with E-state index in [4.69, 9.17) is 0 Å². The zero-order valence-electron chi connectivity index (χ0n) is 21.8. The molecule has 1 aliphatic heterocycles. The first kappa shape index (κ1) is 28.2. The zero-order valence-corrected chi connectivity index (χ0v) is 22.6. The minimum Gasteiger partial charge on any atom is -0.310 e. The van der Waals surface area contributed by atoms with Crippen LogP contribution in [-0.2, 0) is 16.1 Å². The summed E-state index contributed by atoms with van der Waals surface area (Å²) in [6.45, 7) is 4.72. The summed E-state index contributed by atoms with van der Waals surface area (Å²) in [5.41, 5.74) is -0.855. The second kappa shape index (κ2) is 11.1. The van der Waals surface area contributed by atoms with Crippen LogP contribution in [0.5, 0.6) is 0 Å². The molecule has 1 atom stereocenters. The number of imide groups is 1. The summed E-state index contributed by atoms with van der Waals surface area (Å²) in [5, 5.41) is 2.80. The number of anilines is 2. The number of benzene rings is 2. The van der Waals surface area contributed by atoms with Gasteiger partial charge in [0.15, 0.2) is 11.6 Å². The number of hydrogen-bond donors (Lipinski definition) is 1. The Balaban J connectivity index is 1.58. The van der Waals surface area contributed by atoms with Crippen molar-refractivity contribution in [2.24, 2.45) is 0 Å². The van der Waals surface area contributed by atoms with Crippen LogP contribution in [0.3, 0.4) is 0 Å². The van der Waals surface area contributed by atoms with E-state index in [0.717, 1.165) is 5.56 Å². The van der Waals surface area contributed by atoms with Crippen LogP contribution in [0.25, 0.3) is 0 Å². The van der Waals surface area contributed by atoms with Gasteiger partial charge < -0.3 is 10.2 Å². The second-order valence-corrected chi connectivity index (χ2v) is 10.3. The summed E-state index contributed by atoms with van der Waals surface area (Å²) >= 11 is 0.674. The summed E-state index contributed by atoms with van der Waals surface area (Å²) in [6.07, 6.45) is 3.40. The van der Waals surface area contributed by atoms with E-state index in [2.05, 4.69) is 10.3 Å². The van der Waals surface area contributed by atoms with Gasteiger partial charge in [-0.25, -0.2) is 27.8 Å². The first-order chi connectivity index (χ1) is 18.5. The molecule has 1 aromatic heterocycles. The quantitative estimate of drug-likeness (QED) is 0.206. The molecule has 4 rings (SSSR count). The van der Waals surface area contributed by atoms with Gasteiger partial charge in [0.25, 0.3) is 5.91 Å². The van der Waals surface area contributed by atoms with Crippen molar-refractivity contribution in [1.82, 2.24) is 9.88 Å². The molecule has 0 saturated carbocycles. The van der Waals surface area contributed by atoms with E-state index in [1.54, 1.807) is 12.1 Å². The average molecular weight is 557 g/mol. The number of carbonyl (C=O) groups excluding carboxylic acids is 3. The van der Waals surface area contributed by atoms with E-state index in [1.165, 1.54) is 31.2 Å². The summed E-state index contributed by atoms with van der Waals surface area (Å²) < 4.78 is 43.8. The van der Waals surface area contributed by atoms with Gasteiger partial charge in [-0.05, 0) is 49.8 Å². The van der Waals surface area contributed by atoms with Crippen molar-refractivity contribution in [3.63, 3.8) is 0 Å². The number of carbonyl (C=O) groups is 3. The van der Waals surface area contributed by atoms with Gasteiger partial charge in [0.05, 0.1) is 16.5 Å². The molecule has 1 aliphatic rings. The second-order valence-electron chi connectivity index (χ2n) is 9.52. The lowest BCUT2D eigenvalue weighted by Crippen LogP contribution is -2.43. The molecule has 0 aliphatic carbocycles. The summed E-state index contributed by atoms with van der Waals surface area (Å²) in [6, 6.07) is 12.2. The maximum Gasteiger partial charge on any atom is 0.332 e. The highest BCUT2D eigenvalue weighted by molar-refractivity contribution is 7.98. The van der Waals surface area contributed by atoms with Crippen LogP contribution in [-0.4, -0.2) is 39.5 Å². The van der Waals surface area contributed by atoms with Crippen molar-refractivity contribution in [2.45, 2.75) is 50.1 Å². The first-order valence-electron chi connectivity index (χ1n) is 12.2. The topological polar surface area (TPSA) is 82.6 Å². The number of pyridine rings is 1. The van der Waals surface area contributed by atoms with Gasteiger partial charge in [-0.1, -0.05) is 37.3 Å². The molecule has 1 unspecified atom stereocenters. The third-order valence-corrected chi connectivity index (χ3v) is 7.49. The summed E-state index contributed by atoms with van der Waals surface area (Å²) in [5.74, 6) is -5.26. The summed E-state index contributed by atoms with van der Waals surface area (Å²) in [4.78, 5) is 44.8. The molecule has 7 nitrogen and oxygen atoms in total. The molecule has 3 aromatic rings. The summed E-state index contributed by atoms with van der Waals surface area (Å²) in [7, 11) is 0. The fourth-order valence-corrected chi connectivity index (χ4v) is 5.05. The van der Waals surface area contributed by atoms with Crippen molar-refractivity contribution in [1.29, 1.82) is 0 Å². The molecule has 4 amide bonds. The molecule has 0 spiro atoms. The van der Waals surface area contributed by atoms with Gasteiger partial charge >= 0.3 is 6.03 Å². The number of thioether (sulfide) groups is 1.